The molecule has 4 aromatic rings. The van der Waals surface area contributed by atoms with E-state index < -0.39 is 5.63 Å². The van der Waals surface area contributed by atoms with E-state index in [4.69, 9.17) is 30.2 Å². The zero-order valence-electron chi connectivity index (χ0n) is 17.4. The molecule has 0 saturated heterocycles. The molecule has 0 saturated carbocycles. The van der Waals surface area contributed by atoms with Gasteiger partial charge in [-0.2, -0.15) is 0 Å². The maximum Gasteiger partial charge on any atom is 0.344 e. The van der Waals surface area contributed by atoms with Gasteiger partial charge in [0.05, 0.1) is 19.8 Å². The van der Waals surface area contributed by atoms with Crippen LogP contribution in [0.2, 0.25) is 5.02 Å². The summed E-state index contributed by atoms with van der Waals surface area (Å²) < 4.78 is 22.2. The first-order valence-electron chi connectivity index (χ1n) is 9.67. The highest BCUT2D eigenvalue weighted by Crippen LogP contribution is 2.34. The van der Waals surface area contributed by atoms with Crippen molar-refractivity contribution < 1.29 is 18.6 Å². The van der Waals surface area contributed by atoms with E-state index in [9.17, 15) is 4.79 Å². The van der Waals surface area contributed by atoms with Gasteiger partial charge in [0, 0.05) is 10.4 Å². The fourth-order valence-electron chi connectivity index (χ4n) is 3.54. The van der Waals surface area contributed by atoms with E-state index in [2.05, 4.69) is 0 Å². The van der Waals surface area contributed by atoms with Gasteiger partial charge in [-0.25, -0.2) is 4.79 Å². The zero-order chi connectivity index (χ0) is 22.0. The second-order valence-corrected chi connectivity index (χ2v) is 7.47. The summed E-state index contributed by atoms with van der Waals surface area (Å²) in [4.78, 5) is 12.8. The van der Waals surface area contributed by atoms with Crippen LogP contribution in [0.4, 0.5) is 0 Å². The fourth-order valence-corrected chi connectivity index (χ4v) is 3.75. The molecule has 0 aliphatic heterocycles. The van der Waals surface area contributed by atoms with E-state index in [1.54, 1.807) is 38.5 Å². The van der Waals surface area contributed by atoms with Gasteiger partial charge in [0.2, 0.25) is 0 Å². The van der Waals surface area contributed by atoms with Gasteiger partial charge < -0.3 is 18.6 Å². The number of aryl methyl sites for hydroxylation is 1. The van der Waals surface area contributed by atoms with Crippen LogP contribution in [0.1, 0.15) is 11.1 Å². The van der Waals surface area contributed by atoms with Crippen molar-refractivity contribution in [3.05, 3.63) is 87.2 Å². The molecule has 0 aliphatic carbocycles. The molecule has 0 unspecified atom stereocenters. The Morgan fingerprint density at radius 3 is 2.48 bits per heavy atom. The van der Waals surface area contributed by atoms with Crippen LogP contribution in [0.15, 0.2) is 69.9 Å². The molecule has 0 fully saturated rings. The average molecular weight is 437 g/mol. The van der Waals surface area contributed by atoms with Gasteiger partial charge >= 0.3 is 5.63 Å². The monoisotopic (exact) mass is 436 g/mol. The molecule has 5 nitrogen and oxygen atoms in total. The second-order valence-electron chi connectivity index (χ2n) is 7.04. The zero-order valence-corrected chi connectivity index (χ0v) is 18.2. The van der Waals surface area contributed by atoms with Crippen molar-refractivity contribution >= 4 is 22.6 Å². The van der Waals surface area contributed by atoms with Crippen LogP contribution in [0.25, 0.3) is 22.1 Å². The van der Waals surface area contributed by atoms with Gasteiger partial charge in [-0.05, 0) is 66.1 Å². The molecular formula is C25H21ClO5. The SMILES string of the molecule is COc1ccc(-c2c(C)c3cc(OCc4cccc(Cl)c4)ccc3oc2=O)cc1OC. The topological polar surface area (TPSA) is 57.9 Å². The molecule has 0 atom stereocenters. The first kappa shape index (κ1) is 20.8. The average Bonchev–Trinajstić information content (AvgIpc) is 2.78. The first-order chi connectivity index (χ1) is 15.0. The lowest BCUT2D eigenvalue weighted by molar-refractivity contribution is 0.306. The Morgan fingerprint density at radius 1 is 0.935 bits per heavy atom. The van der Waals surface area contributed by atoms with Gasteiger partial charge in [0.25, 0.3) is 0 Å². The third kappa shape index (κ3) is 4.23. The number of halogens is 1. The van der Waals surface area contributed by atoms with Crippen molar-refractivity contribution in [1.82, 2.24) is 0 Å². The predicted molar refractivity (Wildman–Crippen MR) is 122 cm³/mol. The number of benzene rings is 3. The minimum atomic E-state index is -0.412. The molecule has 0 radical (unpaired) electrons. The van der Waals surface area contributed by atoms with Crippen LogP contribution < -0.4 is 19.8 Å². The normalized spacial score (nSPS) is 10.8. The van der Waals surface area contributed by atoms with E-state index in [0.29, 0.717) is 45.6 Å². The molecular weight excluding hydrogens is 416 g/mol. The Kier molecular flexibility index (Phi) is 5.87. The number of hydrogen-bond donors (Lipinski definition) is 0. The van der Waals surface area contributed by atoms with Crippen LogP contribution in [0, 0.1) is 6.92 Å². The summed E-state index contributed by atoms with van der Waals surface area (Å²) in [6.07, 6.45) is 0. The minimum Gasteiger partial charge on any atom is -0.493 e. The molecule has 0 bridgehead atoms. The number of hydrogen-bond acceptors (Lipinski definition) is 5. The smallest absolute Gasteiger partial charge is 0.344 e. The Hall–Kier alpha value is -3.44. The standard InChI is InChI=1S/C25H21ClO5/c1-15-20-13-19(30-14-16-5-4-6-18(26)11-16)8-10-21(20)31-25(27)24(15)17-7-9-22(28-2)23(12-17)29-3/h4-13H,14H2,1-3H3. The van der Waals surface area contributed by atoms with Crippen molar-refractivity contribution in [2.75, 3.05) is 14.2 Å². The van der Waals surface area contributed by atoms with Crippen LogP contribution in [-0.2, 0) is 6.61 Å². The molecule has 0 N–H and O–H groups in total. The Bertz CT molecular complexity index is 1310. The Labute approximate surface area is 184 Å². The van der Waals surface area contributed by atoms with E-state index >= 15 is 0 Å². The van der Waals surface area contributed by atoms with Crippen LogP contribution in [0.5, 0.6) is 17.2 Å². The van der Waals surface area contributed by atoms with Crippen molar-refractivity contribution in [1.29, 1.82) is 0 Å². The molecule has 0 amide bonds. The number of methoxy groups -OCH3 is 2. The third-order valence-corrected chi connectivity index (χ3v) is 5.34. The molecule has 1 heterocycles. The van der Waals surface area contributed by atoms with Crippen molar-refractivity contribution in [3.63, 3.8) is 0 Å². The van der Waals surface area contributed by atoms with Crippen molar-refractivity contribution in [2.24, 2.45) is 0 Å². The molecule has 0 spiro atoms. The highest BCUT2D eigenvalue weighted by atomic mass is 35.5. The lowest BCUT2D eigenvalue weighted by atomic mass is 9.99. The lowest BCUT2D eigenvalue weighted by Crippen LogP contribution is -2.06. The van der Waals surface area contributed by atoms with Gasteiger partial charge in [-0.3, -0.25) is 0 Å². The fraction of sp³-hybridized carbons (Fsp3) is 0.160. The number of ether oxygens (including phenoxy) is 3. The predicted octanol–water partition coefficient (Wildman–Crippen LogP) is 6.02. The Morgan fingerprint density at radius 2 is 1.74 bits per heavy atom. The summed E-state index contributed by atoms with van der Waals surface area (Å²) in [5, 5.41) is 1.46. The molecule has 1 aromatic heterocycles. The third-order valence-electron chi connectivity index (χ3n) is 5.10. The second kappa shape index (κ2) is 8.74. The molecule has 3 aromatic carbocycles. The van der Waals surface area contributed by atoms with E-state index in [1.165, 1.54) is 0 Å². The molecule has 158 valence electrons. The van der Waals surface area contributed by atoms with Crippen molar-refractivity contribution in [2.45, 2.75) is 13.5 Å². The number of rotatable bonds is 6. The maximum absolute atomic E-state index is 12.8. The summed E-state index contributed by atoms with van der Waals surface area (Å²) >= 11 is 6.04. The largest absolute Gasteiger partial charge is 0.493 e. The van der Waals surface area contributed by atoms with Gasteiger partial charge in [0.15, 0.2) is 11.5 Å². The summed E-state index contributed by atoms with van der Waals surface area (Å²) in [7, 11) is 3.12. The van der Waals surface area contributed by atoms with Crippen LogP contribution in [-0.4, -0.2) is 14.2 Å². The molecule has 31 heavy (non-hydrogen) atoms. The minimum absolute atomic E-state index is 0.379. The van der Waals surface area contributed by atoms with E-state index in [1.807, 2.05) is 43.3 Å². The summed E-state index contributed by atoms with van der Waals surface area (Å²) in [6.45, 7) is 2.27. The maximum atomic E-state index is 12.8. The molecule has 0 aliphatic rings. The highest BCUT2D eigenvalue weighted by Gasteiger charge is 2.16. The van der Waals surface area contributed by atoms with E-state index in [-0.39, 0.29) is 0 Å². The van der Waals surface area contributed by atoms with Crippen LogP contribution in [0.3, 0.4) is 0 Å². The summed E-state index contributed by atoms with van der Waals surface area (Å²) in [5.74, 6) is 1.80. The first-order valence-corrected chi connectivity index (χ1v) is 10.0. The highest BCUT2D eigenvalue weighted by molar-refractivity contribution is 6.30. The summed E-state index contributed by atoms with van der Waals surface area (Å²) in [5.41, 5.74) is 3.02. The quantitative estimate of drug-likeness (QED) is 0.346. The van der Waals surface area contributed by atoms with Crippen molar-refractivity contribution in [3.8, 4) is 28.4 Å². The van der Waals surface area contributed by atoms with Crippen LogP contribution >= 0.6 is 11.6 Å². The summed E-state index contributed by atoms with van der Waals surface area (Å²) in [6, 6.07) is 18.3. The molecule has 4 rings (SSSR count). The van der Waals surface area contributed by atoms with Gasteiger partial charge in [0.1, 0.15) is 17.9 Å². The van der Waals surface area contributed by atoms with Gasteiger partial charge in [-0.15, -0.1) is 0 Å². The molecule has 6 heteroatoms. The Balaban J connectivity index is 1.73. The van der Waals surface area contributed by atoms with Gasteiger partial charge in [-0.1, -0.05) is 29.8 Å². The van der Waals surface area contributed by atoms with E-state index in [0.717, 1.165) is 16.5 Å². The number of fused-ring (bicyclic) bond motifs is 1. The lowest BCUT2D eigenvalue weighted by Gasteiger charge is -2.13.